The summed E-state index contributed by atoms with van der Waals surface area (Å²) in [4.78, 5) is 26.3. The van der Waals surface area contributed by atoms with Crippen molar-refractivity contribution in [3.8, 4) is 5.75 Å². The first-order valence-electron chi connectivity index (χ1n) is 7.07. The summed E-state index contributed by atoms with van der Waals surface area (Å²) in [7, 11) is 0. The van der Waals surface area contributed by atoms with Crippen molar-refractivity contribution >= 4 is 29.1 Å². The average molecular weight is 340 g/mol. The van der Waals surface area contributed by atoms with Gasteiger partial charge in [-0.05, 0) is 36.8 Å². The second kappa shape index (κ2) is 6.04. The lowest BCUT2D eigenvalue weighted by Crippen LogP contribution is -1.97. The highest BCUT2D eigenvalue weighted by Gasteiger charge is 2.20. The fraction of sp³-hybridized carbons (Fsp3) is 0.0625. The number of carbonyl (C=O) groups is 2. The predicted octanol–water partition coefficient (Wildman–Crippen LogP) is 3.16. The molecule has 25 heavy (non-hydrogen) atoms. The smallest absolute Gasteiger partial charge is 0.358 e. The maximum atomic E-state index is 11.4. The van der Waals surface area contributed by atoms with Gasteiger partial charge in [-0.15, -0.1) is 10.2 Å². The van der Waals surface area contributed by atoms with Gasteiger partial charge in [-0.2, -0.15) is 0 Å². The highest BCUT2D eigenvalue weighted by atomic mass is 16.4. The van der Waals surface area contributed by atoms with Crippen LogP contribution in [0.25, 0.3) is 5.65 Å². The van der Waals surface area contributed by atoms with Crippen molar-refractivity contribution in [2.45, 2.75) is 6.92 Å². The first-order valence-corrected chi connectivity index (χ1v) is 7.07. The van der Waals surface area contributed by atoms with Gasteiger partial charge in [-0.3, -0.25) is 4.40 Å². The number of rotatable bonds is 4. The molecule has 0 fully saturated rings. The van der Waals surface area contributed by atoms with Crippen LogP contribution in [0.5, 0.6) is 5.75 Å². The quantitative estimate of drug-likeness (QED) is 0.624. The third-order valence-corrected chi connectivity index (χ3v) is 3.52. The predicted molar refractivity (Wildman–Crippen MR) is 86.1 cm³/mol. The monoisotopic (exact) mass is 340 g/mol. The molecule has 3 rings (SSSR count). The molecule has 2 aromatic heterocycles. The molecular weight excluding hydrogens is 328 g/mol. The van der Waals surface area contributed by atoms with Crippen LogP contribution in [0.1, 0.15) is 26.4 Å². The number of aromatic carboxylic acids is 2. The van der Waals surface area contributed by atoms with Crippen LogP contribution in [-0.4, -0.2) is 36.6 Å². The Morgan fingerprint density at radius 2 is 1.88 bits per heavy atom. The van der Waals surface area contributed by atoms with Gasteiger partial charge in [0.05, 0.1) is 11.3 Å². The molecule has 1 aromatic carbocycles. The van der Waals surface area contributed by atoms with Crippen molar-refractivity contribution in [1.82, 2.24) is 9.38 Å². The van der Waals surface area contributed by atoms with E-state index in [2.05, 4.69) is 15.2 Å². The van der Waals surface area contributed by atoms with E-state index in [1.54, 1.807) is 13.0 Å². The van der Waals surface area contributed by atoms with E-state index in [0.29, 0.717) is 5.56 Å². The van der Waals surface area contributed by atoms with Crippen molar-refractivity contribution in [2.75, 3.05) is 0 Å². The number of aromatic nitrogens is 2. The summed E-state index contributed by atoms with van der Waals surface area (Å²) >= 11 is 0. The maximum absolute atomic E-state index is 11.4. The summed E-state index contributed by atoms with van der Waals surface area (Å²) in [5.41, 5.74) is 0.643. The van der Waals surface area contributed by atoms with Crippen LogP contribution < -0.4 is 0 Å². The molecule has 0 atom stereocenters. The fourth-order valence-electron chi connectivity index (χ4n) is 2.23. The SMILES string of the molecule is Cc1ccc(C(=O)O)cc1N=Nc1c(C(=O)O)nc2c(O)cccn12. The third kappa shape index (κ3) is 2.90. The highest BCUT2D eigenvalue weighted by Crippen LogP contribution is 2.29. The Morgan fingerprint density at radius 1 is 1.12 bits per heavy atom. The van der Waals surface area contributed by atoms with Gasteiger partial charge in [-0.1, -0.05) is 6.07 Å². The highest BCUT2D eigenvalue weighted by molar-refractivity contribution is 5.92. The van der Waals surface area contributed by atoms with Crippen molar-refractivity contribution in [1.29, 1.82) is 0 Å². The molecule has 0 unspecified atom stereocenters. The van der Waals surface area contributed by atoms with E-state index < -0.39 is 11.9 Å². The molecule has 0 bridgehead atoms. The number of pyridine rings is 1. The largest absolute Gasteiger partial charge is 0.504 e. The van der Waals surface area contributed by atoms with Crippen LogP contribution in [0.4, 0.5) is 11.5 Å². The van der Waals surface area contributed by atoms with E-state index in [0.717, 1.165) is 0 Å². The zero-order chi connectivity index (χ0) is 18.1. The molecule has 0 saturated heterocycles. The molecule has 2 heterocycles. The van der Waals surface area contributed by atoms with Gasteiger partial charge in [-0.25, -0.2) is 14.6 Å². The van der Waals surface area contributed by atoms with Crippen LogP contribution in [0.3, 0.4) is 0 Å². The molecule has 0 saturated carbocycles. The average Bonchev–Trinajstić information content (AvgIpc) is 2.94. The van der Waals surface area contributed by atoms with Gasteiger partial charge < -0.3 is 15.3 Å². The molecule has 9 nitrogen and oxygen atoms in total. The van der Waals surface area contributed by atoms with Gasteiger partial charge in [0, 0.05) is 6.20 Å². The van der Waals surface area contributed by atoms with E-state index in [-0.39, 0.29) is 34.2 Å². The molecule has 126 valence electrons. The number of aromatic hydroxyl groups is 1. The first-order chi connectivity index (χ1) is 11.9. The number of azo groups is 1. The zero-order valence-electron chi connectivity index (χ0n) is 12.9. The van der Waals surface area contributed by atoms with Gasteiger partial charge in [0.25, 0.3) is 0 Å². The number of hydrogen-bond donors (Lipinski definition) is 3. The van der Waals surface area contributed by atoms with Crippen molar-refractivity contribution < 1.29 is 24.9 Å². The molecule has 3 aromatic rings. The Kier molecular flexibility index (Phi) is 3.89. The Morgan fingerprint density at radius 3 is 2.56 bits per heavy atom. The van der Waals surface area contributed by atoms with Gasteiger partial charge in [0.15, 0.2) is 22.9 Å². The first kappa shape index (κ1) is 16.1. The Bertz CT molecular complexity index is 1040. The summed E-state index contributed by atoms with van der Waals surface area (Å²) in [5.74, 6) is -2.72. The Balaban J connectivity index is 2.15. The number of carboxylic acids is 2. The Labute approximate surface area is 140 Å². The standard InChI is InChI=1S/C16H12N4O5/c1-8-4-5-9(15(22)23)7-10(8)18-19-14-12(16(24)25)17-13-11(21)3-2-6-20(13)14/h2-7,21H,1H3,(H,22,23)(H,24,25). The molecule has 0 amide bonds. The van der Waals surface area contributed by atoms with Crippen molar-refractivity contribution in [3.63, 3.8) is 0 Å². The third-order valence-electron chi connectivity index (χ3n) is 3.52. The molecule has 0 aliphatic carbocycles. The minimum absolute atomic E-state index is 0.0323. The summed E-state index contributed by atoms with van der Waals surface area (Å²) in [6.07, 6.45) is 1.49. The normalized spacial score (nSPS) is 11.2. The minimum Gasteiger partial charge on any atom is -0.504 e. The lowest BCUT2D eigenvalue weighted by Gasteiger charge is -2.01. The lowest BCUT2D eigenvalue weighted by molar-refractivity contribution is 0.0683. The summed E-state index contributed by atoms with van der Waals surface area (Å²) in [6.45, 7) is 1.72. The molecular formula is C16H12N4O5. The van der Waals surface area contributed by atoms with Crippen LogP contribution >= 0.6 is 0 Å². The number of hydrogen-bond acceptors (Lipinski definition) is 6. The molecule has 3 N–H and O–H groups in total. The zero-order valence-corrected chi connectivity index (χ0v) is 12.9. The molecule has 0 spiro atoms. The van der Waals surface area contributed by atoms with Gasteiger partial charge in [0.1, 0.15) is 0 Å². The van der Waals surface area contributed by atoms with Crippen LogP contribution in [0, 0.1) is 6.92 Å². The summed E-state index contributed by atoms with van der Waals surface area (Å²) < 4.78 is 1.29. The minimum atomic E-state index is -1.33. The second-order valence-corrected chi connectivity index (χ2v) is 5.18. The van der Waals surface area contributed by atoms with E-state index in [1.165, 1.54) is 34.9 Å². The molecule has 9 heteroatoms. The van der Waals surface area contributed by atoms with E-state index >= 15 is 0 Å². The topological polar surface area (TPSA) is 137 Å². The summed E-state index contributed by atoms with van der Waals surface area (Å²) in [6, 6.07) is 7.23. The number of benzene rings is 1. The molecule has 0 radical (unpaired) electrons. The van der Waals surface area contributed by atoms with Gasteiger partial charge in [0.2, 0.25) is 0 Å². The number of nitrogens with zero attached hydrogens (tertiary/aromatic N) is 4. The molecule has 0 aliphatic rings. The van der Waals surface area contributed by atoms with E-state index in [4.69, 9.17) is 5.11 Å². The fourth-order valence-corrected chi connectivity index (χ4v) is 2.23. The second-order valence-electron chi connectivity index (χ2n) is 5.18. The van der Waals surface area contributed by atoms with E-state index in [1.807, 2.05) is 0 Å². The number of carboxylic acid groups (broad SMARTS) is 2. The summed E-state index contributed by atoms with van der Waals surface area (Å²) in [5, 5.41) is 36.0. The van der Waals surface area contributed by atoms with Crippen LogP contribution in [0.2, 0.25) is 0 Å². The van der Waals surface area contributed by atoms with Crippen molar-refractivity contribution in [3.05, 3.63) is 53.3 Å². The number of aryl methyl sites for hydroxylation is 1. The maximum Gasteiger partial charge on any atom is 0.358 e. The van der Waals surface area contributed by atoms with E-state index in [9.17, 15) is 19.8 Å². The van der Waals surface area contributed by atoms with Crippen LogP contribution in [0.15, 0.2) is 46.8 Å². The van der Waals surface area contributed by atoms with Crippen molar-refractivity contribution in [2.24, 2.45) is 10.2 Å². The van der Waals surface area contributed by atoms with Gasteiger partial charge >= 0.3 is 11.9 Å². The lowest BCUT2D eigenvalue weighted by atomic mass is 10.1. The molecule has 0 aliphatic heterocycles. The Hall–Kier alpha value is -3.75. The van der Waals surface area contributed by atoms with Crippen LogP contribution in [-0.2, 0) is 0 Å². The number of imidazole rings is 1. The number of fused-ring (bicyclic) bond motifs is 1.